The van der Waals surface area contributed by atoms with Gasteiger partial charge >= 0.3 is 0 Å². The van der Waals surface area contributed by atoms with Gasteiger partial charge in [-0.05, 0) is 12.1 Å². The van der Waals surface area contributed by atoms with E-state index in [4.69, 9.17) is 16.3 Å². The monoisotopic (exact) mass is 283 g/mol. The normalized spacial score (nSPS) is 18.1. The number of aldehydes is 1. The first-order valence-corrected chi connectivity index (χ1v) is 6.68. The van der Waals surface area contributed by atoms with Crippen LogP contribution in [-0.4, -0.2) is 43.8 Å². The lowest BCUT2D eigenvalue weighted by Gasteiger charge is -2.36. The lowest BCUT2D eigenvalue weighted by molar-refractivity contribution is -0.0572. The number of benzene rings is 1. The lowest BCUT2D eigenvalue weighted by Crippen LogP contribution is -2.46. The standard InChI is InChI=1S/C14H18ClNO3/c1-16(10-14(18)5-7-19-8-6-14)13-4-2-3-12(15)11(13)9-17/h2-4,9,18H,5-8,10H2,1H3. The predicted molar refractivity (Wildman–Crippen MR) is 75.1 cm³/mol. The fourth-order valence-corrected chi connectivity index (χ4v) is 2.63. The summed E-state index contributed by atoms with van der Waals surface area (Å²) < 4.78 is 5.26. The third-order valence-corrected chi connectivity index (χ3v) is 3.84. The Morgan fingerprint density at radius 2 is 2.16 bits per heavy atom. The van der Waals surface area contributed by atoms with Crippen LogP contribution in [0.25, 0.3) is 0 Å². The second kappa shape index (κ2) is 5.90. The minimum atomic E-state index is -0.768. The van der Waals surface area contributed by atoms with Crippen LogP contribution in [-0.2, 0) is 4.74 Å². The highest BCUT2D eigenvalue weighted by Gasteiger charge is 2.31. The van der Waals surface area contributed by atoms with Gasteiger partial charge in [0.1, 0.15) is 0 Å². The van der Waals surface area contributed by atoms with Gasteiger partial charge in [-0.2, -0.15) is 0 Å². The Bertz CT molecular complexity index is 458. The summed E-state index contributed by atoms with van der Waals surface area (Å²) in [6, 6.07) is 5.32. The molecule has 1 aromatic rings. The number of carbonyl (C=O) groups excluding carboxylic acids is 1. The second-order valence-electron chi connectivity index (χ2n) is 4.98. The fourth-order valence-electron chi connectivity index (χ4n) is 2.41. The molecule has 0 atom stereocenters. The predicted octanol–water partition coefficient (Wildman–Crippen LogP) is 2.13. The molecule has 0 amide bonds. The largest absolute Gasteiger partial charge is 0.388 e. The Morgan fingerprint density at radius 3 is 2.79 bits per heavy atom. The van der Waals surface area contributed by atoms with E-state index in [0.29, 0.717) is 43.2 Å². The van der Waals surface area contributed by atoms with Gasteiger partial charge in [-0.25, -0.2) is 0 Å². The molecule has 1 aromatic carbocycles. The number of halogens is 1. The maximum atomic E-state index is 11.1. The van der Waals surface area contributed by atoms with Gasteiger partial charge in [-0.15, -0.1) is 0 Å². The summed E-state index contributed by atoms with van der Waals surface area (Å²) >= 11 is 6.01. The first kappa shape index (κ1) is 14.3. The van der Waals surface area contributed by atoms with Crippen molar-refractivity contribution in [2.75, 3.05) is 31.7 Å². The molecule has 2 rings (SSSR count). The number of ether oxygens (including phenoxy) is 1. The number of hydrogen-bond donors (Lipinski definition) is 1. The minimum Gasteiger partial charge on any atom is -0.388 e. The second-order valence-corrected chi connectivity index (χ2v) is 5.39. The van der Waals surface area contributed by atoms with Crippen molar-refractivity contribution >= 4 is 23.6 Å². The van der Waals surface area contributed by atoms with E-state index >= 15 is 0 Å². The summed E-state index contributed by atoms with van der Waals surface area (Å²) in [5.41, 5.74) is 0.430. The first-order valence-electron chi connectivity index (χ1n) is 6.31. The van der Waals surface area contributed by atoms with Gasteiger partial charge < -0.3 is 14.7 Å². The van der Waals surface area contributed by atoms with Gasteiger partial charge in [0.05, 0.1) is 16.2 Å². The van der Waals surface area contributed by atoms with Crippen molar-refractivity contribution in [2.24, 2.45) is 0 Å². The average molecular weight is 284 g/mol. The molecule has 0 radical (unpaired) electrons. The van der Waals surface area contributed by atoms with Crippen LogP contribution in [0.15, 0.2) is 18.2 Å². The molecule has 1 fully saturated rings. The Hall–Kier alpha value is -1.10. The SMILES string of the molecule is CN(CC1(O)CCOCC1)c1cccc(Cl)c1C=O. The van der Waals surface area contributed by atoms with Crippen LogP contribution >= 0.6 is 11.6 Å². The molecule has 0 aliphatic carbocycles. The van der Waals surface area contributed by atoms with Crippen LogP contribution < -0.4 is 4.90 Å². The van der Waals surface area contributed by atoms with Crippen molar-refractivity contribution in [3.63, 3.8) is 0 Å². The van der Waals surface area contributed by atoms with Crippen molar-refractivity contribution in [3.8, 4) is 0 Å². The van der Waals surface area contributed by atoms with E-state index in [1.54, 1.807) is 12.1 Å². The van der Waals surface area contributed by atoms with Crippen molar-refractivity contribution in [1.29, 1.82) is 0 Å². The van der Waals surface area contributed by atoms with E-state index in [1.165, 1.54) is 0 Å². The summed E-state index contributed by atoms with van der Waals surface area (Å²) in [6.45, 7) is 1.60. The number of nitrogens with zero attached hydrogens (tertiary/aromatic N) is 1. The van der Waals surface area contributed by atoms with Crippen molar-refractivity contribution in [2.45, 2.75) is 18.4 Å². The van der Waals surface area contributed by atoms with E-state index < -0.39 is 5.60 Å². The maximum absolute atomic E-state index is 11.1. The van der Waals surface area contributed by atoms with E-state index in [9.17, 15) is 9.90 Å². The summed E-state index contributed by atoms with van der Waals surface area (Å²) in [7, 11) is 1.85. The van der Waals surface area contributed by atoms with Gasteiger partial charge in [-0.1, -0.05) is 17.7 Å². The lowest BCUT2D eigenvalue weighted by atomic mass is 9.93. The minimum absolute atomic E-state index is 0.429. The zero-order chi connectivity index (χ0) is 13.9. The molecule has 0 unspecified atom stereocenters. The highest BCUT2D eigenvalue weighted by molar-refractivity contribution is 6.33. The Morgan fingerprint density at radius 1 is 1.47 bits per heavy atom. The number of rotatable bonds is 4. The van der Waals surface area contributed by atoms with Gasteiger partial charge in [0, 0.05) is 45.3 Å². The Labute approximate surface area is 117 Å². The fraction of sp³-hybridized carbons (Fsp3) is 0.500. The molecule has 1 heterocycles. The molecule has 0 spiro atoms. The highest BCUT2D eigenvalue weighted by Crippen LogP contribution is 2.28. The molecule has 5 heteroatoms. The van der Waals surface area contributed by atoms with Gasteiger partial charge in [0.2, 0.25) is 0 Å². The van der Waals surface area contributed by atoms with E-state index in [-0.39, 0.29) is 0 Å². The van der Waals surface area contributed by atoms with Crippen LogP contribution in [0.3, 0.4) is 0 Å². The molecule has 1 aliphatic rings. The molecular formula is C14H18ClNO3. The zero-order valence-corrected chi connectivity index (χ0v) is 11.7. The van der Waals surface area contributed by atoms with Crippen molar-refractivity contribution in [1.82, 2.24) is 0 Å². The molecule has 0 aromatic heterocycles. The van der Waals surface area contributed by atoms with Gasteiger partial charge in [-0.3, -0.25) is 4.79 Å². The quantitative estimate of drug-likeness (QED) is 0.860. The van der Waals surface area contributed by atoms with E-state index in [0.717, 1.165) is 12.0 Å². The average Bonchev–Trinajstić information content (AvgIpc) is 2.38. The van der Waals surface area contributed by atoms with Crippen molar-refractivity contribution in [3.05, 3.63) is 28.8 Å². The summed E-state index contributed by atoms with van der Waals surface area (Å²) in [5.74, 6) is 0. The van der Waals surface area contributed by atoms with Gasteiger partial charge in [0.25, 0.3) is 0 Å². The number of hydrogen-bond acceptors (Lipinski definition) is 4. The molecule has 1 saturated heterocycles. The summed E-state index contributed by atoms with van der Waals surface area (Å²) in [6.07, 6.45) is 1.96. The first-order chi connectivity index (χ1) is 9.06. The van der Waals surface area contributed by atoms with Crippen molar-refractivity contribution < 1.29 is 14.6 Å². The van der Waals surface area contributed by atoms with Crippen LogP contribution in [0.2, 0.25) is 5.02 Å². The van der Waals surface area contributed by atoms with Crippen LogP contribution in [0.5, 0.6) is 0 Å². The topological polar surface area (TPSA) is 49.8 Å². The molecule has 1 N–H and O–H groups in total. The maximum Gasteiger partial charge on any atom is 0.153 e. The molecule has 0 saturated carbocycles. The van der Waals surface area contributed by atoms with Crippen LogP contribution in [0.4, 0.5) is 5.69 Å². The van der Waals surface area contributed by atoms with Crippen LogP contribution in [0, 0.1) is 0 Å². The summed E-state index contributed by atoms with van der Waals surface area (Å²) in [5, 5.41) is 10.9. The van der Waals surface area contributed by atoms with Crippen LogP contribution in [0.1, 0.15) is 23.2 Å². The third-order valence-electron chi connectivity index (χ3n) is 3.51. The van der Waals surface area contributed by atoms with E-state index in [1.807, 2.05) is 18.0 Å². The number of carbonyl (C=O) groups is 1. The number of aliphatic hydroxyl groups is 1. The van der Waals surface area contributed by atoms with E-state index in [2.05, 4.69) is 0 Å². The number of likely N-dealkylation sites (N-methyl/N-ethyl adjacent to an activating group) is 1. The molecule has 0 bridgehead atoms. The Kier molecular flexibility index (Phi) is 4.45. The number of anilines is 1. The zero-order valence-electron chi connectivity index (χ0n) is 10.9. The smallest absolute Gasteiger partial charge is 0.153 e. The molecular weight excluding hydrogens is 266 g/mol. The van der Waals surface area contributed by atoms with Gasteiger partial charge in [0.15, 0.2) is 6.29 Å². The molecule has 4 nitrogen and oxygen atoms in total. The molecule has 19 heavy (non-hydrogen) atoms. The Balaban J connectivity index is 2.17. The third kappa shape index (κ3) is 3.26. The summed E-state index contributed by atoms with van der Waals surface area (Å²) in [4.78, 5) is 13.0. The molecule has 1 aliphatic heterocycles. The highest BCUT2D eigenvalue weighted by atomic mass is 35.5. The molecule has 104 valence electrons.